The first-order chi connectivity index (χ1) is 11.2. The van der Waals surface area contributed by atoms with Gasteiger partial charge in [-0.15, -0.1) is 0 Å². The van der Waals surface area contributed by atoms with Crippen molar-refractivity contribution >= 4 is 34.9 Å². The molecule has 0 bridgehead atoms. The smallest absolute Gasteiger partial charge is 0.134 e. The predicted octanol–water partition coefficient (Wildman–Crippen LogP) is 6.32. The van der Waals surface area contributed by atoms with Crippen LogP contribution in [-0.4, -0.2) is 0 Å². The van der Waals surface area contributed by atoms with Crippen molar-refractivity contribution in [2.75, 3.05) is 0 Å². The number of hydrogen-bond acceptors (Lipinski definition) is 2. The molecule has 0 N–H and O–H groups in total. The van der Waals surface area contributed by atoms with Gasteiger partial charge in [0.15, 0.2) is 0 Å². The molecule has 0 spiro atoms. The van der Waals surface area contributed by atoms with E-state index in [2.05, 4.69) is 6.07 Å². The fourth-order valence-electron chi connectivity index (χ4n) is 2.22. The summed E-state index contributed by atoms with van der Waals surface area (Å²) in [5, 5.41) is 10.6. The third-order valence-corrected chi connectivity index (χ3v) is 3.87. The van der Waals surface area contributed by atoms with Gasteiger partial charge in [0, 0.05) is 21.2 Å². The Labute approximate surface area is 144 Å². The number of benzene rings is 2. The number of hydrogen-bond donors (Lipinski definition) is 0. The van der Waals surface area contributed by atoms with Crippen LogP contribution in [0.1, 0.15) is 11.3 Å². The van der Waals surface area contributed by atoms with Crippen LogP contribution in [0.15, 0.2) is 65.1 Å². The van der Waals surface area contributed by atoms with Gasteiger partial charge in [0.2, 0.25) is 0 Å². The first-order valence-corrected chi connectivity index (χ1v) is 7.65. The number of nitrogens with zero attached hydrogens (tertiary/aromatic N) is 1. The average Bonchev–Trinajstić information content (AvgIpc) is 3.02. The van der Waals surface area contributed by atoms with Gasteiger partial charge in [-0.1, -0.05) is 53.5 Å². The van der Waals surface area contributed by atoms with E-state index >= 15 is 0 Å². The van der Waals surface area contributed by atoms with Crippen LogP contribution in [0.3, 0.4) is 0 Å². The molecule has 0 radical (unpaired) electrons. The SMILES string of the molecule is N#CC(=Cc1ccc(-c2cccc(Cl)c2)o1)c1ccccc1Cl. The van der Waals surface area contributed by atoms with Crippen molar-refractivity contribution < 1.29 is 4.42 Å². The Balaban J connectivity index is 1.97. The lowest BCUT2D eigenvalue weighted by atomic mass is 10.1. The average molecular weight is 340 g/mol. The second kappa shape index (κ2) is 6.75. The summed E-state index contributed by atoms with van der Waals surface area (Å²) in [6, 6.07) is 20.4. The Bertz CT molecular complexity index is 919. The van der Waals surface area contributed by atoms with Gasteiger partial charge in [-0.25, -0.2) is 0 Å². The van der Waals surface area contributed by atoms with Crippen LogP contribution < -0.4 is 0 Å². The van der Waals surface area contributed by atoms with Crippen molar-refractivity contribution in [1.29, 1.82) is 5.26 Å². The molecule has 1 aromatic heterocycles. The summed E-state index contributed by atoms with van der Waals surface area (Å²) in [7, 11) is 0. The Morgan fingerprint density at radius 2 is 1.83 bits per heavy atom. The number of allylic oxidation sites excluding steroid dienone is 1. The summed E-state index contributed by atoms with van der Waals surface area (Å²) >= 11 is 12.1. The van der Waals surface area contributed by atoms with Gasteiger partial charge in [-0.05, 0) is 36.4 Å². The van der Waals surface area contributed by atoms with Crippen LogP contribution in [0, 0.1) is 11.3 Å². The number of furan rings is 1. The van der Waals surface area contributed by atoms with Crippen LogP contribution in [0.25, 0.3) is 23.0 Å². The second-order valence-corrected chi connectivity index (χ2v) is 5.71. The lowest BCUT2D eigenvalue weighted by Gasteiger charge is -2.01. The molecule has 3 aromatic rings. The molecule has 0 unspecified atom stereocenters. The highest BCUT2D eigenvalue weighted by atomic mass is 35.5. The summed E-state index contributed by atoms with van der Waals surface area (Å²) in [4.78, 5) is 0. The monoisotopic (exact) mass is 339 g/mol. The van der Waals surface area contributed by atoms with E-state index < -0.39 is 0 Å². The van der Waals surface area contributed by atoms with E-state index in [1.165, 1.54) is 0 Å². The Morgan fingerprint density at radius 3 is 2.57 bits per heavy atom. The quantitative estimate of drug-likeness (QED) is 0.523. The van der Waals surface area contributed by atoms with Crippen LogP contribution in [-0.2, 0) is 0 Å². The van der Waals surface area contributed by atoms with E-state index in [0.717, 1.165) is 5.56 Å². The molecule has 0 aliphatic carbocycles. The zero-order valence-electron chi connectivity index (χ0n) is 12.0. The zero-order chi connectivity index (χ0) is 16.2. The fourth-order valence-corrected chi connectivity index (χ4v) is 2.65. The van der Waals surface area contributed by atoms with Crippen LogP contribution in [0.2, 0.25) is 10.0 Å². The maximum Gasteiger partial charge on any atom is 0.134 e. The number of rotatable bonds is 3. The normalized spacial score (nSPS) is 11.3. The molecule has 0 amide bonds. The Hall–Kier alpha value is -2.47. The number of halogens is 2. The van der Waals surface area contributed by atoms with Crippen molar-refractivity contribution in [3.8, 4) is 17.4 Å². The van der Waals surface area contributed by atoms with Gasteiger partial charge in [0.05, 0.1) is 11.6 Å². The van der Waals surface area contributed by atoms with Crippen molar-refractivity contribution in [2.45, 2.75) is 0 Å². The van der Waals surface area contributed by atoms with Crippen molar-refractivity contribution in [3.63, 3.8) is 0 Å². The van der Waals surface area contributed by atoms with Crippen molar-refractivity contribution in [1.82, 2.24) is 0 Å². The van der Waals surface area contributed by atoms with E-state index in [4.69, 9.17) is 27.6 Å². The first-order valence-electron chi connectivity index (χ1n) is 6.90. The third-order valence-electron chi connectivity index (χ3n) is 3.31. The molecule has 2 aromatic carbocycles. The van der Waals surface area contributed by atoms with Crippen LogP contribution in [0.4, 0.5) is 0 Å². The van der Waals surface area contributed by atoms with E-state index in [1.54, 1.807) is 24.3 Å². The fraction of sp³-hybridized carbons (Fsp3) is 0. The van der Waals surface area contributed by atoms with E-state index in [-0.39, 0.29) is 0 Å². The molecule has 3 rings (SSSR count). The van der Waals surface area contributed by atoms with Gasteiger partial charge in [0.25, 0.3) is 0 Å². The molecule has 23 heavy (non-hydrogen) atoms. The molecule has 4 heteroatoms. The van der Waals surface area contributed by atoms with Gasteiger partial charge >= 0.3 is 0 Å². The molecule has 0 aliphatic rings. The second-order valence-electron chi connectivity index (χ2n) is 4.86. The van der Waals surface area contributed by atoms with Crippen molar-refractivity contribution in [3.05, 3.63) is 82.0 Å². The molecule has 1 heterocycles. The lowest BCUT2D eigenvalue weighted by molar-refractivity contribution is 0.572. The highest BCUT2D eigenvalue weighted by Gasteiger charge is 2.08. The standard InChI is InChI=1S/C19H11Cl2NO/c20-15-5-3-4-13(10-15)19-9-8-16(23-19)11-14(12-22)17-6-1-2-7-18(17)21/h1-11H. The number of nitriles is 1. The molecule has 0 atom stereocenters. The molecule has 112 valence electrons. The van der Waals surface area contributed by atoms with Gasteiger partial charge in [-0.3, -0.25) is 0 Å². The highest BCUT2D eigenvalue weighted by molar-refractivity contribution is 6.32. The molecule has 0 aliphatic heterocycles. The third kappa shape index (κ3) is 3.48. The summed E-state index contributed by atoms with van der Waals surface area (Å²) in [6.07, 6.45) is 1.68. The Kier molecular flexibility index (Phi) is 4.52. The largest absolute Gasteiger partial charge is 0.457 e. The predicted molar refractivity (Wildman–Crippen MR) is 94.1 cm³/mol. The minimum absolute atomic E-state index is 0.447. The molecule has 2 nitrogen and oxygen atoms in total. The topological polar surface area (TPSA) is 36.9 Å². The van der Waals surface area contributed by atoms with E-state index in [9.17, 15) is 5.26 Å². The summed E-state index contributed by atoms with van der Waals surface area (Å²) in [6.45, 7) is 0. The van der Waals surface area contributed by atoms with Crippen LogP contribution in [0.5, 0.6) is 0 Å². The lowest BCUT2D eigenvalue weighted by Crippen LogP contribution is -1.82. The molecule has 0 saturated carbocycles. The molecule has 0 saturated heterocycles. The Morgan fingerprint density at radius 1 is 1.00 bits per heavy atom. The first kappa shape index (κ1) is 15.4. The minimum atomic E-state index is 0.447. The zero-order valence-corrected chi connectivity index (χ0v) is 13.5. The summed E-state index contributed by atoms with van der Waals surface area (Å²) < 4.78 is 5.79. The summed E-state index contributed by atoms with van der Waals surface area (Å²) in [5.41, 5.74) is 2.01. The maximum absolute atomic E-state index is 9.39. The summed E-state index contributed by atoms with van der Waals surface area (Å²) in [5.74, 6) is 1.27. The van der Waals surface area contributed by atoms with E-state index in [0.29, 0.717) is 32.7 Å². The van der Waals surface area contributed by atoms with Gasteiger partial charge < -0.3 is 4.42 Å². The molecular weight excluding hydrogens is 329 g/mol. The van der Waals surface area contributed by atoms with Gasteiger partial charge in [-0.2, -0.15) is 5.26 Å². The van der Waals surface area contributed by atoms with Crippen LogP contribution >= 0.6 is 23.2 Å². The van der Waals surface area contributed by atoms with E-state index in [1.807, 2.05) is 42.5 Å². The highest BCUT2D eigenvalue weighted by Crippen LogP contribution is 2.28. The molecule has 0 fully saturated rings. The maximum atomic E-state index is 9.39. The molecular formula is C19H11Cl2NO. The van der Waals surface area contributed by atoms with Gasteiger partial charge in [0.1, 0.15) is 11.5 Å². The minimum Gasteiger partial charge on any atom is -0.457 e. The van der Waals surface area contributed by atoms with Crippen molar-refractivity contribution in [2.24, 2.45) is 0 Å².